The van der Waals surface area contributed by atoms with Crippen LogP contribution in [0.25, 0.3) is 0 Å². The lowest BCUT2D eigenvalue weighted by Crippen LogP contribution is -2.52. The first-order chi connectivity index (χ1) is 13.0. The molecular weight excluding hydrogens is 344 g/mol. The monoisotopic (exact) mass is 372 g/mol. The second kappa shape index (κ2) is 8.52. The molecule has 7 heteroatoms. The number of hydrogen-bond donors (Lipinski definition) is 2. The van der Waals surface area contributed by atoms with Gasteiger partial charge in [0, 0.05) is 6.54 Å². The van der Waals surface area contributed by atoms with Gasteiger partial charge in [-0.05, 0) is 31.4 Å². The maximum Gasteiger partial charge on any atom is 0.344 e. The molecule has 1 saturated heterocycles. The van der Waals surface area contributed by atoms with E-state index < -0.39 is 11.6 Å². The number of nitrogens with one attached hydrogen (secondary N) is 2. The maximum atomic E-state index is 12.7. The Morgan fingerprint density at radius 1 is 1.19 bits per heavy atom. The lowest BCUT2D eigenvalue weighted by Gasteiger charge is -2.30. The molecule has 0 bridgehead atoms. The van der Waals surface area contributed by atoms with Gasteiger partial charge in [0.05, 0.1) is 6.54 Å². The van der Waals surface area contributed by atoms with Gasteiger partial charge < -0.3 is 5.32 Å². The lowest BCUT2D eigenvalue weighted by molar-refractivity contribution is -0.140. The largest absolute Gasteiger partial charge is 0.344 e. The van der Waals surface area contributed by atoms with E-state index in [1.807, 2.05) is 35.2 Å². The Morgan fingerprint density at radius 3 is 2.56 bits per heavy atom. The van der Waals surface area contributed by atoms with Crippen molar-refractivity contribution < 1.29 is 14.4 Å². The van der Waals surface area contributed by atoms with Crippen LogP contribution < -0.4 is 10.7 Å². The van der Waals surface area contributed by atoms with Crippen LogP contribution in [0.15, 0.2) is 30.3 Å². The zero-order valence-corrected chi connectivity index (χ0v) is 15.9. The van der Waals surface area contributed by atoms with Crippen molar-refractivity contribution in [3.8, 4) is 0 Å². The van der Waals surface area contributed by atoms with Crippen molar-refractivity contribution in [3.63, 3.8) is 0 Å². The van der Waals surface area contributed by atoms with Crippen molar-refractivity contribution in [1.29, 1.82) is 0 Å². The molecule has 1 aromatic carbocycles. The van der Waals surface area contributed by atoms with Crippen LogP contribution in [-0.2, 0) is 16.1 Å². The first-order valence-electron chi connectivity index (χ1n) is 9.76. The molecule has 27 heavy (non-hydrogen) atoms. The summed E-state index contributed by atoms with van der Waals surface area (Å²) in [5.74, 6) is -0.679. The molecule has 7 nitrogen and oxygen atoms in total. The Labute approximate surface area is 160 Å². The Balaban J connectivity index is 1.60. The van der Waals surface area contributed by atoms with E-state index >= 15 is 0 Å². The highest BCUT2D eigenvalue weighted by Crippen LogP contribution is 2.32. The van der Waals surface area contributed by atoms with Crippen LogP contribution in [0.5, 0.6) is 0 Å². The van der Waals surface area contributed by atoms with Crippen molar-refractivity contribution in [2.24, 2.45) is 0 Å². The fourth-order valence-electron chi connectivity index (χ4n) is 3.95. The fraction of sp³-hybridized carbons (Fsp3) is 0.550. The molecule has 0 radical (unpaired) electrons. The highest BCUT2D eigenvalue weighted by molar-refractivity contribution is 6.08. The van der Waals surface area contributed by atoms with E-state index in [9.17, 15) is 14.4 Å². The average molecular weight is 372 g/mol. The quantitative estimate of drug-likeness (QED) is 0.719. The van der Waals surface area contributed by atoms with Crippen molar-refractivity contribution in [2.45, 2.75) is 57.5 Å². The molecule has 1 aliphatic heterocycles. The van der Waals surface area contributed by atoms with E-state index in [2.05, 4.69) is 17.7 Å². The summed E-state index contributed by atoms with van der Waals surface area (Å²) in [4.78, 5) is 39.5. The normalized spacial score (nSPS) is 18.8. The summed E-state index contributed by atoms with van der Waals surface area (Å²) in [6.07, 6.45) is 5.08. The number of carbonyl (C=O) groups is 3. The van der Waals surface area contributed by atoms with Crippen LogP contribution in [0.1, 0.15) is 51.0 Å². The third kappa shape index (κ3) is 4.47. The van der Waals surface area contributed by atoms with Gasteiger partial charge in [-0.15, -0.1) is 0 Å². The third-order valence-electron chi connectivity index (χ3n) is 5.26. The fourth-order valence-corrected chi connectivity index (χ4v) is 3.95. The molecule has 1 heterocycles. The predicted molar refractivity (Wildman–Crippen MR) is 101 cm³/mol. The number of carbonyl (C=O) groups excluding carboxylic acids is 3. The number of imide groups is 1. The van der Waals surface area contributed by atoms with E-state index in [4.69, 9.17) is 0 Å². The highest BCUT2D eigenvalue weighted by atomic mass is 16.2. The summed E-state index contributed by atoms with van der Waals surface area (Å²) in [6.45, 7) is 3.59. The van der Waals surface area contributed by atoms with Gasteiger partial charge in [0.1, 0.15) is 5.54 Å². The van der Waals surface area contributed by atoms with Crippen LogP contribution in [0.4, 0.5) is 4.79 Å². The minimum atomic E-state index is -0.824. The number of benzene rings is 1. The maximum absolute atomic E-state index is 12.7. The van der Waals surface area contributed by atoms with Crippen LogP contribution in [0, 0.1) is 0 Å². The van der Waals surface area contributed by atoms with E-state index in [0.717, 1.165) is 42.8 Å². The van der Waals surface area contributed by atoms with Gasteiger partial charge in [-0.2, -0.15) is 5.01 Å². The first-order valence-corrected chi connectivity index (χ1v) is 9.76. The van der Waals surface area contributed by atoms with Gasteiger partial charge in [0.25, 0.3) is 11.8 Å². The van der Waals surface area contributed by atoms with Crippen LogP contribution >= 0.6 is 0 Å². The van der Waals surface area contributed by atoms with Crippen molar-refractivity contribution in [1.82, 2.24) is 20.7 Å². The Bertz CT molecular complexity index is 686. The Morgan fingerprint density at radius 2 is 1.89 bits per heavy atom. The molecule has 4 amide bonds. The topological polar surface area (TPSA) is 81.8 Å². The molecule has 0 aromatic heterocycles. The zero-order valence-electron chi connectivity index (χ0n) is 15.9. The smallest absolute Gasteiger partial charge is 0.322 e. The minimum absolute atomic E-state index is 0.132. The van der Waals surface area contributed by atoms with Crippen LogP contribution in [-0.4, -0.2) is 46.4 Å². The van der Waals surface area contributed by atoms with Crippen LogP contribution in [0.2, 0.25) is 0 Å². The van der Waals surface area contributed by atoms with Crippen LogP contribution in [0.3, 0.4) is 0 Å². The van der Waals surface area contributed by atoms with Gasteiger partial charge in [0.2, 0.25) is 0 Å². The summed E-state index contributed by atoms with van der Waals surface area (Å²) in [6, 6.07) is 9.40. The zero-order chi connectivity index (χ0) is 19.3. The van der Waals surface area contributed by atoms with Gasteiger partial charge in [-0.25, -0.2) is 4.79 Å². The molecule has 3 rings (SSSR count). The summed E-state index contributed by atoms with van der Waals surface area (Å²) in [7, 11) is 0. The predicted octanol–water partition coefficient (Wildman–Crippen LogP) is 2.18. The standard InChI is InChI=1S/C20H28N4O3/c1-2-13-23(14-16-9-5-3-6-10-16)15-17(25)22-24-18(26)20(21-19(24)27)11-7-4-8-12-20/h3,5-6,9-10H,2,4,7-8,11-15H2,1H3,(H,21,27)(H,22,25). The second-order valence-electron chi connectivity index (χ2n) is 7.44. The Kier molecular flexibility index (Phi) is 6.11. The van der Waals surface area contributed by atoms with Gasteiger partial charge in [-0.1, -0.05) is 56.5 Å². The first kappa shape index (κ1) is 19.4. The molecular formula is C20H28N4O3. The molecule has 1 spiro atoms. The van der Waals surface area contributed by atoms with E-state index in [1.165, 1.54) is 0 Å². The van der Waals surface area contributed by atoms with Gasteiger partial charge in [0.15, 0.2) is 0 Å². The molecule has 2 fully saturated rings. The lowest BCUT2D eigenvalue weighted by atomic mass is 9.82. The molecule has 146 valence electrons. The number of rotatable bonds is 7. The molecule has 0 unspecified atom stereocenters. The summed E-state index contributed by atoms with van der Waals surface area (Å²) >= 11 is 0. The van der Waals surface area contributed by atoms with E-state index in [0.29, 0.717) is 19.4 Å². The molecule has 2 N–H and O–H groups in total. The third-order valence-corrected chi connectivity index (χ3v) is 5.26. The summed E-state index contributed by atoms with van der Waals surface area (Å²) in [5.41, 5.74) is 2.81. The molecule has 0 atom stereocenters. The van der Waals surface area contributed by atoms with Crippen molar-refractivity contribution in [3.05, 3.63) is 35.9 Å². The Hall–Kier alpha value is -2.41. The number of amides is 4. The van der Waals surface area contributed by atoms with Crippen molar-refractivity contribution >= 4 is 17.8 Å². The molecule has 2 aliphatic rings. The van der Waals surface area contributed by atoms with Gasteiger partial charge in [-0.3, -0.25) is 19.9 Å². The average Bonchev–Trinajstić information content (AvgIpc) is 2.87. The SMILES string of the molecule is CCCN(CC(=O)NN1C(=O)NC2(CCCCC2)C1=O)Cc1ccccc1. The van der Waals surface area contributed by atoms with E-state index in [1.54, 1.807) is 0 Å². The molecule has 1 aromatic rings. The summed E-state index contributed by atoms with van der Waals surface area (Å²) in [5, 5.41) is 3.68. The van der Waals surface area contributed by atoms with Gasteiger partial charge >= 0.3 is 6.03 Å². The summed E-state index contributed by atoms with van der Waals surface area (Å²) < 4.78 is 0. The number of urea groups is 1. The number of nitrogens with zero attached hydrogens (tertiary/aromatic N) is 2. The highest BCUT2D eigenvalue weighted by Gasteiger charge is 2.52. The molecule has 1 aliphatic carbocycles. The second-order valence-corrected chi connectivity index (χ2v) is 7.44. The number of hydrogen-bond acceptors (Lipinski definition) is 4. The van der Waals surface area contributed by atoms with Crippen molar-refractivity contribution in [2.75, 3.05) is 13.1 Å². The number of hydrazine groups is 1. The van der Waals surface area contributed by atoms with E-state index in [-0.39, 0.29) is 18.4 Å². The minimum Gasteiger partial charge on any atom is -0.322 e. The molecule has 1 saturated carbocycles.